The zero-order valence-electron chi connectivity index (χ0n) is 39.2. The molecule has 13 nitrogen and oxygen atoms in total. The maximum atomic E-state index is 11.1. The minimum absolute atomic E-state index is 0.0104. The zero-order chi connectivity index (χ0) is 46.0. The Morgan fingerprint density at radius 1 is 0.528 bits per heavy atom. The van der Waals surface area contributed by atoms with Crippen LogP contribution in [0.4, 0.5) is 0 Å². The van der Waals surface area contributed by atoms with Crippen molar-refractivity contribution >= 4 is 43.5 Å². The van der Waals surface area contributed by atoms with Crippen LogP contribution in [0.5, 0.6) is 0 Å². The number of carboxylic acids is 1. The number of sulfonamides is 1. The van der Waals surface area contributed by atoms with Gasteiger partial charge in [0.25, 0.3) is 0 Å². The number of primary amides is 1. The Morgan fingerprint density at radius 2 is 0.717 bits per heavy atom. The second kappa shape index (κ2) is 24.3. The van der Waals surface area contributed by atoms with Crippen LogP contribution in [0.1, 0.15) is 152 Å². The molecule has 0 aromatic rings. The predicted octanol–water partition coefficient (Wildman–Crippen LogP) is 7.28. The molecule has 0 aromatic carbocycles. The minimum atomic E-state index is -3.34. The van der Waals surface area contributed by atoms with E-state index in [1.807, 2.05) is 60.5 Å². The van der Waals surface area contributed by atoms with Crippen molar-refractivity contribution < 1.29 is 36.3 Å². The van der Waals surface area contributed by atoms with Crippen LogP contribution >= 0.6 is 0 Å². The number of rotatable bonds is 0. The fourth-order valence-corrected chi connectivity index (χ4v) is 1.34. The summed E-state index contributed by atoms with van der Waals surface area (Å²) in [4.78, 5) is 34.8. The van der Waals surface area contributed by atoms with E-state index in [1.165, 1.54) is 6.26 Å². The summed E-state index contributed by atoms with van der Waals surface area (Å²) < 4.78 is 40.8. The number of hydrogen-bond donors (Lipinski definition) is 4. The number of amides is 2. The zero-order valence-corrected chi connectivity index (χ0v) is 40.8. The van der Waals surface area contributed by atoms with Crippen molar-refractivity contribution in [2.45, 2.75) is 162 Å². The molecule has 0 atom stereocenters. The minimum Gasteiger partial charge on any atom is -0.481 e. The summed E-state index contributed by atoms with van der Waals surface area (Å²) in [5.41, 5.74) is 4.24. The topological polar surface area (TPSA) is 222 Å². The summed E-state index contributed by atoms with van der Waals surface area (Å²) in [6.45, 7) is 40.7. The van der Waals surface area contributed by atoms with Crippen molar-refractivity contribution in [3.63, 3.8) is 0 Å². The Kier molecular flexibility index (Phi) is 30.1. The van der Waals surface area contributed by atoms with Gasteiger partial charge in [-0.15, -0.1) is 0 Å². The first-order chi connectivity index (χ1) is 22.1. The Hall–Kier alpha value is -2.26. The second-order valence-corrected chi connectivity index (χ2v) is 25.7. The summed E-state index contributed by atoms with van der Waals surface area (Å²) in [6.07, 6.45) is 1.24. The molecule has 0 unspecified atom stereocenters. The first-order valence-electron chi connectivity index (χ1n) is 17.3. The molecule has 0 heterocycles. The van der Waals surface area contributed by atoms with Gasteiger partial charge in [0, 0.05) is 50.7 Å². The van der Waals surface area contributed by atoms with Crippen molar-refractivity contribution in [1.82, 2.24) is 9.80 Å². The number of carbonyl (C=O) groups is 3. The molecule has 0 fully saturated rings. The fourth-order valence-electron chi connectivity index (χ4n) is 1.34. The molecule has 0 saturated carbocycles. The average Bonchev–Trinajstić information content (AvgIpc) is 2.79. The molecule has 324 valence electrons. The molecule has 0 aliphatic rings. The molecule has 53 heavy (non-hydrogen) atoms. The molecule has 0 spiro atoms. The van der Waals surface area contributed by atoms with Gasteiger partial charge in [-0.1, -0.05) is 90.0 Å². The Balaban J connectivity index is -0.0000000937. The maximum Gasteiger partial charge on any atom is 0.308 e. The highest BCUT2D eigenvalue weighted by Crippen LogP contribution is 2.16. The van der Waals surface area contributed by atoms with Crippen LogP contribution in [-0.4, -0.2) is 99.3 Å². The monoisotopic (exact) mass is 806 g/mol. The molecule has 0 aliphatic carbocycles. The molecule has 2 amide bonds. The number of aliphatic carboxylic acids is 1. The third kappa shape index (κ3) is 49.7. The van der Waals surface area contributed by atoms with Gasteiger partial charge in [-0.05, 0) is 67.7 Å². The van der Waals surface area contributed by atoms with Gasteiger partial charge in [0.1, 0.15) is 5.84 Å². The van der Waals surface area contributed by atoms with Crippen LogP contribution in [0.25, 0.3) is 0 Å². The van der Waals surface area contributed by atoms with Gasteiger partial charge in [0.2, 0.25) is 21.8 Å². The summed E-state index contributed by atoms with van der Waals surface area (Å²) in [5.74, 6) is -0.176. The predicted molar refractivity (Wildman–Crippen MR) is 227 cm³/mol. The molecular formula is C38H87N5O8S2. The van der Waals surface area contributed by atoms with E-state index >= 15 is 0 Å². The van der Waals surface area contributed by atoms with E-state index in [2.05, 4.69) is 27.7 Å². The SMILES string of the molecule is CC(C)(C)C.CC(C)(C)C(=O)O.CC(C)(C)C(N)=O.CC(C)(C)S(C)(=O)=O.CC(C)(C)S(N)(=O)=O.CN(C)C(=N)C(C)(C)C.CN(C)C(=O)C(C)(C)C. The van der Waals surface area contributed by atoms with E-state index in [0.29, 0.717) is 11.3 Å². The van der Waals surface area contributed by atoms with E-state index in [9.17, 15) is 31.2 Å². The van der Waals surface area contributed by atoms with Crippen LogP contribution in [-0.2, 0) is 34.2 Å². The maximum absolute atomic E-state index is 11.1. The first kappa shape index (κ1) is 65.6. The number of nitrogens with zero attached hydrogens (tertiary/aromatic N) is 2. The number of carbonyl (C=O) groups excluding carboxylic acids is 2. The molecule has 0 bridgehead atoms. The number of carboxylic acid groups (broad SMARTS) is 1. The Morgan fingerprint density at radius 3 is 0.717 bits per heavy atom. The largest absolute Gasteiger partial charge is 0.481 e. The van der Waals surface area contributed by atoms with Crippen LogP contribution in [0, 0.1) is 32.5 Å². The Labute approximate surface area is 328 Å². The molecule has 15 heteroatoms. The van der Waals surface area contributed by atoms with Gasteiger partial charge in [0.15, 0.2) is 9.84 Å². The highest BCUT2D eigenvalue weighted by atomic mass is 32.2. The molecule has 0 radical (unpaired) electrons. The average molecular weight is 806 g/mol. The molecule has 0 aliphatic heterocycles. The number of sulfone groups is 1. The molecule has 0 rings (SSSR count). The molecule has 0 saturated heterocycles. The number of hydrogen-bond acceptors (Lipinski definition) is 8. The normalized spacial score (nSPS) is 12.2. The lowest BCUT2D eigenvalue weighted by molar-refractivity contribution is -0.145. The lowest BCUT2D eigenvalue weighted by atomic mass is 9.94. The summed E-state index contributed by atoms with van der Waals surface area (Å²) in [6, 6.07) is 0. The lowest BCUT2D eigenvalue weighted by Crippen LogP contribution is -2.34. The summed E-state index contributed by atoms with van der Waals surface area (Å²) >= 11 is 0. The van der Waals surface area contributed by atoms with Crippen molar-refractivity contribution in [2.75, 3.05) is 34.4 Å². The van der Waals surface area contributed by atoms with Crippen molar-refractivity contribution in [3.05, 3.63) is 0 Å². The van der Waals surface area contributed by atoms with Gasteiger partial charge >= 0.3 is 5.97 Å². The van der Waals surface area contributed by atoms with Crippen molar-refractivity contribution in [3.8, 4) is 0 Å². The smallest absolute Gasteiger partial charge is 0.308 e. The fraction of sp³-hybridized carbons (Fsp3) is 0.895. The molecule has 6 N–H and O–H groups in total. The molecular weight excluding hydrogens is 719 g/mol. The van der Waals surface area contributed by atoms with E-state index in [4.69, 9.17) is 21.4 Å². The van der Waals surface area contributed by atoms with Crippen LogP contribution in [0.2, 0.25) is 0 Å². The van der Waals surface area contributed by atoms with Gasteiger partial charge in [-0.25, -0.2) is 22.0 Å². The van der Waals surface area contributed by atoms with E-state index in [-0.39, 0.29) is 28.1 Å². The number of nitrogens with one attached hydrogen (secondary N) is 1. The Bertz CT molecular complexity index is 1190. The lowest BCUT2D eigenvalue weighted by Gasteiger charge is -2.25. The standard InChI is InChI=1S/C7H16N2.C7H15NO.C5H11NO.C5H12O2S.C5H10O2.C5H12.C4H11NO2S/c1-7(2,3)6(8)9(4)5;1-7(2,3)6(9)8(4)5;1-5(2,3)4(6)7;1-5(2,3)8(4,6)7;1-5(2,3)4(6)7;1-5(2,3)4;1-4(2,3)8(5,6)7/h8H,1-5H3;1-5H3;1-3H3,(H2,6,7);1-4H3;1-3H3,(H,6,7);1-4H3;1-3H3,(H2,5,6,7). The van der Waals surface area contributed by atoms with Crippen LogP contribution < -0.4 is 10.9 Å². The highest BCUT2D eigenvalue weighted by molar-refractivity contribution is 7.92. The highest BCUT2D eigenvalue weighted by Gasteiger charge is 2.25. The molecule has 0 aromatic heterocycles. The summed E-state index contributed by atoms with van der Waals surface area (Å²) in [5, 5.41) is 20.6. The quantitative estimate of drug-likeness (QED) is 0.142. The second-order valence-electron chi connectivity index (χ2n) is 20.7. The van der Waals surface area contributed by atoms with Gasteiger partial charge in [-0.3, -0.25) is 19.8 Å². The van der Waals surface area contributed by atoms with E-state index in [0.717, 1.165) is 0 Å². The number of primary sulfonamides is 1. The third-order valence-electron chi connectivity index (χ3n) is 5.55. The number of nitrogens with two attached hydrogens (primary N) is 2. The van der Waals surface area contributed by atoms with Crippen molar-refractivity contribution in [2.24, 2.45) is 37.9 Å². The van der Waals surface area contributed by atoms with Crippen LogP contribution in [0.15, 0.2) is 0 Å². The number of amidine groups is 1. The van der Waals surface area contributed by atoms with Gasteiger partial charge in [-0.2, -0.15) is 0 Å². The van der Waals surface area contributed by atoms with Gasteiger partial charge in [0.05, 0.1) is 14.9 Å². The third-order valence-corrected chi connectivity index (χ3v) is 9.48. The van der Waals surface area contributed by atoms with Crippen LogP contribution in [0.3, 0.4) is 0 Å². The first-order valence-corrected chi connectivity index (χ1v) is 20.8. The summed E-state index contributed by atoms with van der Waals surface area (Å²) in [7, 11) is 1.16. The van der Waals surface area contributed by atoms with Crippen molar-refractivity contribution in [1.29, 1.82) is 5.41 Å². The van der Waals surface area contributed by atoms with E-state index in [1.54, 1.807) is 102 Å². The van der Waals surface area contributed by atoms with E-state index < -0.39 is 40.7 Å². The van der Waals surface area contributed by atoms with Gasteiger partial charge < -0.3 is 20.6 Å².